The molecule has 0 unspecified atom stereocenters. The van der Waals surface area contributed by atoms with Crippen molar-refractivity contribution in [2.24, 2.45) is 5.92 Å². The van der Waals surface area contributed by atoms with Crippen LogP contribution >= 0.6 is 0 Å². The van der Waals surface area contributed by atoms with Crippen molar-refractivity contribution in [3.63, 3.8) is 0 Å². The summed E-state index contributed by atoms with van der Waals surface area (Å²) in [7, 11) is 3.58. The summed E-state index contributed by atoms with van der Waals surface area (Å²) in [5, 5.41) is 0. The number of aryl methyl sites for hydroxylation is 1. The van der Waals surface area contributed by atoms with Gasteiger partial charge in [0, 0.05) is 49.4 Å². The number of ether oxygens (including phenoxy) is 2. The molecule has 5 nitrogen and oxygen atoms in total. The number of hydrogen-bond acceptors (Lipinski definition) is 3. The molecule has 0 saturated heterocycles. The second-order valence-electron chi connectivity index (χ2n) is 7.42. The zero-order chi connectivity index (χ0) is 18.3. The summed E-state index contributed by atoms with van der Waals surface area (Å²) in [6.45, 7) is 4.39. The average molecular weight is 354 g/mol. The Morgan fingerprint density at radius 2 is 2.27 bits per heavy atom. The van der Waals surface area contributed by atoms with Gasteiger partial charge in [-0.3, -0.25) is 4.79 Å². The molecule has 2 aliphatic rings. The van der Waals surface area contributed by atoms with E-state index in [-0.39, 0.29) is 17.2 Å². The zero-order valence-corrected chi connectivity index (χ0v) is 15.7. The Kier molecular flexibility index (Phi) is 4.17. The molecule has 1 amide bonds. The molecule has 26 heavy (non-hydrogen) atoms. The van der Waals surface area contributed by atoms with E-state index in [1.54, 1.807) is 7.11 Å². The van der Waals surface area contributed by atoms with E-state index in [1.807, 2.05) is 30.1 Å². The number of fused-ring (bicyclic) bond motifs is 2. The lowest BCUT2D eigenvalue weighted by atomic mass is 9.87. The molecule has 0 N–H and O–H groups in total. The fourth-order valence-electron chi connectivity index (χ4n) is 4.23. The first-order valence-electron chi connectivity index (χ1n) is 9.28. The van der Waals surface area contributed by atoms with Crippen LogP contribution in [-0.4, -0.2) is 36.1 Å². The van der Waals surface area contributed by atoms with E-state index >= 15 is 0 Å². The summed E-state index contributed by atoms with van der Waals surface area (Å²) in [4.78, 5) is 14.9. The fraction of sp³-hybridized carbons (Fsp3) is 0.476. The molecule has 1 aromatic heterocycles. The number of methoxy groups -OCH3 is 1. The summed E-state index contributed by atoms with van der Waals surface area (Å²) in [5.41, 5.74) is 2.22. The Morgan fingerprint density at radius 1 is 1.42 bits per heavy atom. The van der Waals surface area contributed by atoms with Gasteiger partial charge in [-0.25, -0.2) is 0 Å². The van der Waals surface area contributed by atoms with Gasteiger partial charge in [0.1, 0.15) is 11.5 Å². The molecule has 2 atom stereocenters. The van der Waals surface area contributed by atoms with Gasteiger partial charge < -0.3 is 18.9 Å². The third-order valence-electron chi connectivity index (χ3n) is 5.88. The Labute approximate surface area is 154 Å². The molecule has 0 bridgehead atoms. The van der Waals surface area contributed by atoms with Gasteiger partial charge in [0.05, 0.1) is 13.7 Å². The highest BCUT2D eigenvalue weighted by molar-refractivity contribution is 5.85. The second kappa shape index (κ2) is 6.38. The topological polar surface area (TPSA) is 43.7 Å². The maximum absolute atomic E-state index is 13.1. The smallest absolute Gasteiger partial charge is 0.226 e. The van der Waals surface area contributed by atoms with E-state index < -0.39 is 0 Å². The summed E-state index contributed by atoms with van der Waals surface area (Å²) in [6.07, 6.45) is 5.97. The van der Waals surface area contributed by atoms with Crippen molar-refractivity contribution in [3.8, 4) is 11.5 Å². The Balaban J connectivity index is 1.51. The molecule has 1 aromatic carbocycles. The van der Waals surface area contributed by atoms with Crippen LogP contribution in [0, 0.1) is 5.92 Å². The lowest BCUT2D eigenvalue weighted by molar-refractivity contribution is -0.132. The molecule has 2 heterocycles. The zero-order valence-electron chi connectivity index (χ0n) is 15.7. The highest BCUT2D eigenvalue weighted by Gasteiger charge is 2.61. The van der Waals surface area contributed by atoms with Crippen molar-refractivity contribution < 1.29 is 14.3 Å². The van der Waals surface area contributed by atoms with Crippen LogP contribution < -0.4 is 9.47 Å². The summed E-state index contributed by atoms with van der Waals surface area (Å²) < 4.78 is 13.3. The van der Waals surface area contributed by atoms with Crippen LogP contribution in [-0.2, 0) is 23.3 Å². The lowest BCUT2D eigenvalue weighted by Gasteiger charge is -2.28. The number of carbonyl (C=O) groups excluding carboxylic acids is 1. The molecule has 1 aliphatic carbocycles. The Morgan fingerprint density at radius 3 is 3.00 bits per heavy atom. The van der Waals surface area contributed by atoms with Gasteiger partial charge in [0.2, 0.25) is 5.91 Å². The highest BCUT2D eigenvalue weighted by Crippen LogP contribution is 2.61. The monoisotopic (exact) mass is 354 g/mol. The second-order valence-corrected chi connectivity index (χ2v) is 7.42. The minimum Gasteiger partial charge on any atom is -0.497 e. The number of benzene rings is 1. The minimum atomic E-state index is -0.0805. The predicted octanol–water partition coefficient (Wildman–Crippen LogP) is 3.22. The van der Waals surface area contributed by atoms with Gasteiger partial charge in [-0.15, -0.1) is 0 Å². The average Bonchev–Trinajstić information content (AvgIpc) is 3.19. The van der Waals surface area contributed by atoms with E-state index in [1.165, 1.54) is 5.56 Å². The third-order valence-corrected chi connectivity index (χ3v) is 5.88. The Bertz CT molecular complexity index is 828. The van der Waals surface area contributed by atoms with Crippen molar-refractivity contribution in [1.82, 2.24) is 9.47 Å². The minimum absolute atomic E-state index is 0.0375. The lowest BCUT2D eigenvalue weighted by Crippen LogP contribution is -2.32. The van der Waals surface area contributed by atoms with E-state index in [4.69, 9.17) is 9.47 Å². The molecular formula is C21H26N2O3. The largest absolute Gasteiger partial charge is 0.497 e. The predicted molar refractivity (Wildman–Crippen MR) is 99.5 cm³/mol. The van der Waals surface area contributed by atoms with Crippen molar-refractivity contribution in [2.75, 3.05) is 20.8 Å². The maximum atomic E-state index is 13.1. The maximum Gasteiger partial charge on any atom is 0.226 e. The van der Waals surface area contributed by atoms with Gasteiger partial charge >= 0.3 is 0 Å². The molecule has 1 saturated carbocycles. The van der Waals surface area contributed by atoms with Crippen molar-refractivity contribution in [2.45, 2.75) is 38.3 Å². The molecule has 1 spiro atoms. The SMILES string of the molecule is CCn1ccc(CN(C)C(=O)[C@H]2C[C@@]23CCOc2ccc(OC)cc23)c1. The van der Waals surface area contributed by atoms with E-state index in [0.29, 0.717) is 13.2 Å². The molecule has 1 fully saturated rings. The standard InChI is InChI=1S/C21H26N2O3/c1-4-23-9-7-15(14-23)13-22(2)20(24)18-12-21(18)8-10-26-19-6-5-16(25-3)11-17(19)21/h5-7,9,11,14,18H,4,8,10,12-13H2,1-3H3/t18-,21-/m1/s1. The van der Waals surface area contributed by atoms with Crippen molar-refractivity contribution >= 4 is 5.91 Å². The quantitative estimate of drug-likeness (QED) is 0.828. The van der Waals surface area contributed by atoms with E-state index in [0.717, 1.165) is 36.4 Å². The molecule has 4 rings (SSSR count). The van der Waals surface area contributed by atoms with Crippen LogP contribution in [0.25, 0.3) is 0 Å². The van der Waals surface area contributed by atoms with E-state index in [9.17, 15) is 4.79 Å². The summed E-state index contributed by atoms with van der Waals surface area (Å²) >= 11 is 0. The fourth-order valence-corrected chi connectivity index (χ4v) is 4.23. The van der Waals surface area contributed by atoms with Crippen LogP contribution in [0.5, 0.6) is 11.5 Å². The summed E-state index contributed by atoms with van der Waals surface area (Å²) in [5.74, 6) is 1.98. The number of nitrogens with zero attached hydrogens (tertiary/aromatic N) is 2. The molecule has 0 radical (unpaired) electrons. The highest BCUT2D eigenvalue weighted by atomic mass is 16.5. The first-order valence-corrected chi connectivity index (χ1v) is 9.28. The van der Waals surface area contributed by atoms with Crippen LogP contribution in [0.15, 0.2) is 36.7 Å². The first kappa shape index (κ1) is 17.0. The number of amides is 1. The molecular weight excluding hydrogens is 328 g/mol. The third kappa shape index (κ3) is 2.75. The van der Waals surface area contributed by atoms with Gasteiger partial charge in [0.25, 0.3) is 0 Å². The summed E-state index contributed by atoms with van der Waals surface area (Å²) in [6, 6.07) is 8.02. The molecule has 1 aliphatic heterocycles. The molecule has 138 valence electrons. The molecule has 5 heteroatoms. The Hall–Kier alpha value is -2.43. The van der Waals surface area contributed by atoms with Crippen molar-refractivity contribution in [1.29, 1.82) is 0 Å². The van der Waals surface area contributed by atoms with Gasteiger partial charge in [0.15, 0.2) is 0 Å². The number of hydrogen-bond donors (Lipinski definition) is 0. The van der Waals surface area contributed by atoms with Crippen molar-refractivity contribution in [3.05, 3.63) is 47.8 Å². The van der Waals surface area contributed by atoms with E-state index in [2.05, 4.69) is 30.0 Å². The number of rotatable bonds is 5. The number of aromatic nitrogens is 1. The van der Waals surface area contributed by atoms with Crippen LogP contribution in [0.1, 0.15) is 30.9 Å². The van der Waals surface area contributed by atoms with Crippen LogP contribution in [0.4, 0.5) is 0 Å². The van der Waals surface area contributed by atoms with Gasteiger partial charge in [-0.2, -0.15) is 0 Å². The van der Waals surface area contributed by atoms with Gasteiger partial charge in [-0.1, -0.05) is 0 Å². The molecule has 2 aromatic rings. The van der Waals surface area contributed by atoms with Crippen LogP contribution in [0.2, 0.25) is 0 Å². The normalized spacial score (nSPS) is 23.3. The van der Waals surface area contributed by atoms with Gasteiger partial charge in [-0.05, 0) is 49.6 Å². The van der Waals surface area contributed by atoms with Crippen LogP contribution in [0.3, 0.4) is 0 Å². The number of carbonyl (C=O) groups is 1. The first-order chi connectivity index (χ1) is 12.6.